The maximum absolute atomic E-state index is 12.1. The molecule has 1 N–H and O–H groups in total. The van der Waals surface area contributed by atoms with E-state index in [0.717, 1.165) is 6.42 Å². The standard InChI is InChI=1S/C10H14ClN3O4/c1-4-6(2)5-14(3)9(16)7(12-18)8(15)13(11)10(14)17/h6H,4-5H2,1-3H3/p+1. The third-order valence-corrected chi connectivity index (χ3v) is 3.39. The number of amides is 4. The number of barbiturate groups is 1. The van der Waals surface area contributed by atoms with Gasteiger partial charge in [-0.1, -0.05) is 19.0 Å². The third kappa shape index (κ3) is 2.11. The maximum atomic E-state index is 12.1. The van der Waals surface area contributed by atoms with Gasteiger partial charge in [0, 0.05) is 17.7 Å². The van der Waals surface area contributed by atoms with E-state index in [2.05, 4.69) is 5.16 Å². The molecular weight excluding hydrogens is 262 g/mol. The minimum Gasteiger partial charge on any atom is -0.410 e. The van der Waals surface area contributed by atoms with Crippen LogP contribution in [0.25, 0.3) is 0 Å². The van der Waals surface area contributed by atoms with Gasteiger partial charge >= 0.3 is 17.8 Å². The smallest absolute Gasteiger partial charge is 0.410 e. The highest BCUT2D eigenvalue weighted by atomic mass is 35.5. The zero-order chi connectivity index (χ0) is 14.1. The van der Waals surface area contributed by atoms with Gasteiger partial charge in [-0.3, -0.25) is 4.79 Å². The van der Waals surface area contributed by atoms with Gasteiger partial charge in [-0.05, 0) is 6.42 Å². The number of imide groups is 2. The van der Waals surface area contributed by atoms with E-state index < -0.39 is 28.0 Å². The Balaban J connectivity index is 3.21. The summed E-state index contributed by atoms with van der Waals surface area (Å²) in [6, 6.07) is -0.834. The van der Waals surface area contributed by atoms with Gasteiger partial charge in [0.05, 0.1) is 13.6 Å². The molecule has 0 aromatic rings. The van der Waals surface area contributed by atoms with Crippen LogP contribution in [0.2, 0.25) is 0 Å². The summed E-state index contributed by atoms with van der Waals surface area (Å²) in [6.07, 6.45) is 0.760. The normalized spacial score (nSPS) is 29.0. The van der Waals surface area contributed by atoms with E-state index in [1.165, 1.54) is 7.05 Å². The molecule has 100 valence electrons. The summed E-state index contributed by atoms with van der Waals surface area (Å²) in [5, 5.41) is 11.3. The molecule has 0 aliphatic carbocycles. The molecule has 18 heavy (non-hydrogen) atoms. The molecule has 0 spiro atoms. The lowest BCUT2D eigenvalue weighted by atomic mass is 10.1. The highest BCUT2D eigenvalue weighted by molar-refractivity contribution is 6.69. The molecule has 0 aromatic carbocycles. The van der Waals surface area contributed by atoms with Crippen LogP contribution in [0.4, 0.5) is 4.79 Å². The number of carbonyl (C=O) groups excluding carboxylic acids is 3. The fraction of sp³-hybridized carbons (Fsp3) is 0.600. The number of oxime groups is 1. The van der Waals surface area contributed by atoms with E-state index in [-0.39, 0.29) is 12.5 Å². The van der Waals surface area contributed by atoms with Gasteiger partial charge in [0.15, 0.2) is 0 Å². The number of quaternary nitrogens is 1. The second-order valence-corrected chi connectivity index (χ2v) is 4.85. The first-order valence-electron chi connectivity index (χ1n) is 5.46. The van der Waals surface area contributed by atoms with E-state index in [0.29, 0.717) is 4.42 Å². The van der Waals surface area contributed by atoms with Gasteiger partial charge in [-0.2, -0.15) is 4.48 Å². The minimum absolute atomic E-state index is 0.0705. The van der Waals surface area contributed by atoms with Gasteiger partial charge in [0.25, 0.3) is 5.71 Å². The summed E-state index contributed by atoms with van der Waals surface area (Å²) in [6.45, 7) is 3.97. The van der Waals surface area contributed by atoms with Crippen molar-refractivity contribution in [3.63, 3.8) is 0 Å². The Kier molecular flexibility index (Phi) is 4.08. The Morgan fingerprint density at radius 3 is 2.44 bits per heavy atom. The van der Waals surface area contributed by atoms with Crippen LogP contribution < -0.4 is 0 Å². The lowest BCUT2D eigenvalue weighted by Gasteiger charge is -2.35. The second kappa shape index (κ2) is 5.03. The minimum atomic E-state index is -1.10. The van der Waals surface area contributed by atoms with Gasteiger partial charge < -0.3 is 5.21 Å². The summed E-state index contributed by atoms with van der Waals surface area (Å²) in [4.78, 5) is 35.5. The monoisotopic (exact) mass is 276 g/mol. The van der Waals surface area contributed by atoms with Gasteiger partial charge in [-0.15, -0.1) is 4.42 Å². The fourth-order valence-corrected chi connectivity index (χ4v) is 2.03. The van der Waals surface area contributed by atoms with Crippen molar-refractivity contribution < 1.29 is 24.1 Å². The molecular formula is C10H15ClN3O4+. The molecule has 2 unspecified atom stereocenters. The molecule has 0 aromatic heterocycles. The third-order valence-electron chi connectivity index (χ3n) is 3.10. The molecule has 4 amide bonds. The topological polar surface area (TPSA) is 87.0 Å². The number of urea groups is 1. The quantitative estimate of drug-likeness (QED) is 0.360. The molecule has 1 heterocycles. The average Bonchev–Trinajstić information content (AvgIpc) is 2.35. The van der Waals surface area contributed by atoms with Crippen molar-refractivity contribution in [2.24, 2.45) is 11.1 Å². The number of hydrogen-bond donors (Lipinski definition) is 1. The Morgan fingerprint density at radius 1 is 1.44 bits per heavy atom. The van der Waals surface area contributed by atoms with Crippen LogP contribution in [-0.2, 0) is 9.59 Å². The molecule has 1 aliphatic heterocycles. The molecule has 1 fully saturated rings. The van der Waals surface area contributed by atoms with E-state index in [9.17, 15) is 14.4 Å². The van der Waals surface area contributed by atoms with E-state index in [4.69, 9.17) is 17.0 Å². The van der Waals surface area contributed by atoms with E-state index >= 15 is 0 Å². The van der Waals surface area contributed by atoms with Gasteiger partial charge in [-0.25, -0.2) is 9.59 Å². The first-order valence-corrected chi connectivity index (χ1v) is 5.80. The highest BCUT2D eigenvalue weighted by Crippen LogP contribution is 2.22. The van der Waals surface area contributed by atoms with Crippen molar-refractivity contribution in [1.82, 2.24) is 4.42 Å². The van der Waals surface area contributed by atoms with E-state index in [1.807, 2.05) is 13.8 Å². The Bertz CT molecular complexity index is 437. The summed E-state index contributed by atoms with van der Waals surface area (Å²) in [7, 11) is 1.35. The molecule has 0 bridgehead atoms. The van der Waals surface area contributed by atoms with Crippen LogP contribution >= 0.6 is 11.8 Å². The zero-order valence-corrected chi connectivity index (χ0v) is 11.1. The first kappa shape index (κ1) is 14.6. The number of halogens is 1. The average molecular weight is 277 g/mol. The zero-order valence-electron chi connectivity index (χ0n) is 10.4. The molecule has 8 heteroatoms. The molecule has 2 atom stereocenters. The maximum Gasteiger partial charge on any atom is 0.448 e. The predicted molar refractivity (Wildman–Crippen MR) is 62.8 cm³/mol. The van der Waals surface area contributed by atoms with Crippen molar-refractivity contribution in [2.75, 3.05) is 13.6 Å². The number of rotatable bonds is 3. The van der Waals surface area contributed by atoms with Crippen molar-refractivity contribution in [3.8, 4) is 0 Å². The lowest BCUT2D eigenvalue weighted by molar-refractivity contribution is -0.755. The molecule has 1 saturated heterocycles. The van der Waals surface area contributed by atoms with Crippen molar-refractivity contribution in [2.45, 2.75) is 20.3 Å². The molecule has 7 nitrogen and oxygen atoms in total. The number of carbonyl (C=O) groups is 3. The first-order chi connectivity index (χ1) is 8.29. The van der Waals surface area contributed by atoms with E-state index in [1.54, 1.807) is 0 Å². The summed E-state index contributed by atoms with van der Waals surface area (Å²) >= 11 is 5.54. The van der Waals surface area contributed by atoms with Crippen LogP contribution in [0.3, 0.4) is 0 Å². The van der Waals surface area contributed by atoms with Crippen LogP contribution in [0.15, 0.2) is 5.16 Å². The molecule has 0 radical (unpaired) electrons. The number of nitrogens with zero attached hydrogens (tertiary/aromatic N) is 3. The predicted octanol–water partition coefficient (Wildman–Crippen LogP) is 0.952. The van der Waals surface area contributed by atoms with Crippen LogP contribution in [0.1, 0.15) is 20.3 Å². The number of hydrogen-bond acceptors (Lipinski definition) is 5. The highest BCUT2D eigenvalue weighted by Gasteiger charge is 2.56. The Labute approximate surface area is 109 Å². The largest absolute Gasteiger partial charge is 0.448 e. The Morgan fingerprint density at radius 2 is 2.00 bits per heavy atom. The van der Waals surface area contributed by atoms with Crippen molar-refractivity contribution in [1.29, 1.82) is 0 Å². The van der Waals surface area contributed by atoms with Crippen LogP contribution in [0.5, 0.6) is 0 Å². The molecule has 1 rings (SSSR count). The van der Waals surface area contributed by atoms with Gasteiger partial charge in [0.2, 0.25) is 0 Å². The fourth-order valence-electron chi connectivity index (χ4n) is 1.78. The lowest BCUT2D eigenvalue weighted by Crippen LogP contribution is -2.68. The summed E-state index contributed by atoms with van der Waals surface area (Å²) < 4.78 is -0.414. The van der Waals surface area contributed by atoms with Crippen LogP contribution in [0, 0.1) is 5.92 Å². The van der Waals surface area contributed by atoms with Crippen molar-refractivity contribution in [3.05, 3.63) is 0 Å². The summed E-state index contributed by atoms with van der Waals surface area (Å²) in [5.74, 6) is -1.88. The summed E-state index contributed by atoms with van der Waals surface area (Å²) in [5.41, 5.74) is -0.726. The molecule has 0 saturated carbocycles. The van der Waals surface area contributed by atoms with Crippen LogP contribution in [-0.4, -0.2) is 51.3 Å². The van der Waals surface area contributed by atoms with Crippen molar-refractivity contribution >= 4 is 35.3 Å². The SMILES string of the molecule is CCC(C)C[N+]1(C)C(=O)/C(=N/O)C(=O)N(Cl)C1=O. The molecule has 1 aliphatic rings. The van der Waals surface area contributed by atoms with Gasteiger partial charge in [0.1, 0.15) is 0 Å². The Hall–Kier alpha value is -1.47. The second-order valence-electron chi connectivity index (χ2n) is 4.51.